The Balaban J connectivity index is 2.46. The van der Waals surface area contributed by atoms with Crippen LogP contribution in [0.1, 0.15) is 25.8 Å². The Morgan fingerprint density at radius 3 is 2.65 bits per heavy atom. The Kier molecular flexibility index (Phi) is 5.65. The highest BCUT2D eigenvalue weighted by atomic mass is 79.9. The second-order valence-electron chi connectivity index (χ2n) is 4.55. The Hall–Kier alpha value is -0.870. The Morgan fingerprint density at radius 1 is 1.41 bits per heavy atom. The number of carbonyl (C=O) groups is 1. The molecule has 0 aromatic heterocycles. The van der Waals surface area contributed by atoms with Gasteiger partial charge in [0.05, 0.1) is 6.04 Å². The van der Waals surface area contributed by atoms with Crippen molar-refractivity contribution < 1.29 is 4.79 Å². The number of hydrogen-bond donors (Lipinski definition) is 2. The van der Waals surface area contributed by atoms with Crippen LogP contribution in [0, 0.1) is 5.92 Å². The van der Waals surface area contributed by atoms with E-state index >= 15 is 0 Å². The van der Waals surface area contributed by atoms with Crippen molar-refractivity contribution in [1.82, 2.24) is 5.32 Å². The van der Waals surface area contributed by atoms with Crippen LogP contribution in [0.3, 0.4) is 0 Å². The first-order valence-electron chi connectivity index (χ1n) is 5.77. The van der Waals surface area contributed by atoms with E-state index < -0.39 is 6.04 Å². The number of halogens is 1. The summed E-state index contributed by atoms with van der Waals surface area (Å²) in [5.74, 6) is 0.341. The third-order valence-electron chi connectivity index (χ3n) is 2.47. The maximum atomic E-state index is 11.7. The monoisotopic (exact) mass is 298 g/mol. The fourth-order valence-electron chi connectivity index (χ4n) is 1.57. The number of carbonyl (C=O) groups excluding carboxylic acids is 1. The van der Waals surface area contributed by atoms with Crippen LogP contribution in [-0.2, 0) is 11.3 Å². The lowest BCUT2D eigenvalue weighted by Gasteiger charge is -2.14. The lowest BCUT2D eigenvalue weighted by Crippen LogP contribution is -2.41. The van der Waals surface area contributed by atoms with Gasteiger partial charge in [0.15, 0.2) is 0 Å². The maximum absolute atomic E-state index is 11.7. The van der Waals surface area contributed by atoms with Crippen LogP contribution in [0.2, 0.25) is 0 Å². The first kappa shape index (κ1) is 14.2. The van der Waals surface area contributed by atoms with Crippen molar-refractivity contribution in [3.8, 4) is 0 Å². The fraction of sp³-hybridized carbons (Fsp3) is 0.462. The predicted octanol–water partition coefficient (Wildman–Crippen LogP) is 2.44. The van der Waals surface area contributed by atoms with Crippen LogP contribution in [0.4, 0.5) is 0 Å². The minimum atomic E-state index is -0.419. The van der Waals surface area contributed by atoms with Crippen LogP contribution in [0.25, 0.3) is 0 Å². The van der Waals surface area contributed by atoms with Crippen LogP contribution in [0.5, 0.6) is 0 Å². The molecule has 3 N–H and O–H groups in total. The first-order chi connectivity index (χ1) is 8.00. The SMILES string of the molecule is CC(C)CC(N)C(=O)NCc1ccccc1Br. The van der Waals surface area contributed by atoms with Crippen LogP contribution in [-0.4, -0.2) is 11.9 Å². The zero-order valence-electron chi connectivity index (χ0n) is 10.2. The zero-order chi connectivity index (χ0) is 12.8. The van der Waals surface area contributed by atoms with Crippen molar-refractivity contribution in [2.24, 2.45) is 11.7 Å². The number of benzene rings is 1. The molecule has 0 spiro atoms. The molecule has 1 aromatic rings. The first-order valence-corrected chi connectivity index (χ1v) is 6.56. The molecule has 1 unspecified atom stereocenters. The molecule has 0 saturated carbocycles. The highest BCUT2D eigenvalue weighted by Crippen LogP contribution is 2.15. The van der Waals surface area contributed by atoms with E-state index in [0.29, 0.717) is 18.9 Å². The third-order valence-corrected chi connectivity index (χ3v) is 3.25. The highest BCUT2D eigenvalue weighted by Gasteiger charge is 2.14. The minimum absolute atomic E-state index is 0.0885. The van der Waals surface area contributed by atoms with Gasteiger partial charge in [-0.25, -0.2) is 0 Å². The summed E-state index contributed by atoms with van der Waals surface area (Å²) in [4.78, 5) is 11.7. The summed E-state index contributed by atoms with van der Waals surface area (Å²) in [5, 5.41) is 2.85. The van der Waals surface area contributed by atoms with E-state index in [9.17, 15) is 4.79 Å². The molecule has 17 heavy (non-hydrogen) atoms. The summed E-state index contributed by atoms with van der Waals surface area (Å²) in [6, 6.07) is 7.39. The minimum Gasteiger partial charge on any atom is -0.351 e. The van der Waals surface area contributed by atoms with E-state index in [1.807, 2.05) is 24.3 Å². The fourth-order valence-corrected chi connectivity index (χ4v) is 2.00. The molecule has 0 radical (unpaired) electrons. The molecule has 1 amide bonds. The number of nitrogens with one attached hydrogen (secondary N) is 1. The van der Waals surface area contributed by atoms with Gasteiger partial charge in [0.25, 0.3) is 0 Å². The van der Waals surface area contributed by atoms with Gasteiger partial charge in [-0.2, -0.15) is 0 Å². The van der Waals surface area contributed by atoms with Crippen LogP contribution in [0.15, 0.2) is 28.7 Å². The summed E-state index contributed by atoms with van der Waals surface area (Å²) in [5.41, 5.74) is 6.85. The molecule has 1 rings (SSSR count). The van der Waals surface area contributed by atoms with E-state index in [-0.39, 0.29) is 5.91 Å². The van der Waals surface area contributed by atoms with Gasteiger partial charge in [0.1, 0.15) is 0 Å². The molecule has 0 aliphatic heterocycles. The highest BCUT2D eigenvalue weighted by molar-refractivity contribution is 9.10. The van der Waals surface area contributed by atoms with Gasteiger partial charge < -0.3 is 11.1 Å². The van der Waals surface area contributed by atoms with Crippen molar-refractivity contribution in [2.75, 3.05) is 0 Å². The standard InChI is InChI=1S/C13H19BrN2O/c1-9(2)7-12(15)13(17)16-8-10-5-3-4-6-11(10)14/h3-6,9,12H,7-8,15H2,1-2H3,(H,16,17). The quantitative estimate of drug-likeness (QED) is 0.877. The molecule has 0 saturated heterocycles. The number of nitrogens with two attached hydrogens (primary N) is 1. The van der Waals surface area contributed by atoms with Crippen molar-refractivity contribution in [3.05, 3.63) is 34.3 Å². The molecule has 1 aromatic carbocycles. The van der Waals surface area contributed by atoms with Crippen molar-refractivity contribution in [2.45, 2.75) is 32.9 Å². The average Bonchev–Trinajstić information content (AvgIpc) is 2.26. The van der Waals surface area contributed by atoms with Crippen LogP contribution >= 0.6 is 15.9 Å². The smallest absolute Gasteiger partial charge is 0.237 e. The summed E-state index contributed by atoms with van der Waals surface area (Å²) in [6.07, 6.45) is 0.710. The summed E-state index contributed by atoms with van der Waals surface area (Å²) in [7, 11) is 0. The summed E-state index contributed by atoms with van der Waals surface area (Å²) in [6.45, 7) is 4.62. The molecule has 1 atom stereocenters. The van der Waals surface area contributed by atoms with E-state index in [1.165, 1.54) is 0 Å². The number of amides is 1. The van der Waals surface area contributed by atoms with E-state index in [0.717, 1.165) is 10.0 Å². The second-order valence-corrected chi connectivity index (χ2v) is 5.40. The maximum Gasteiger partial charge on any atom is 0.237 e. The summed E-state index contributed by atoms with van der Waals surface area (Å²) >= 11 is 3.44. The molecule has 4 heteroatoms. The molecular weight excluding hydrogens is 280 g/mol. The Labute approximate surface area is 111 Å². The molecule has 0 aliphatic carbocycles. The van der Waals surface area contributed by atoms with Gasteiger partial charge in [-0.15, -0.1) is 0 Å². The molecule has 0 heterocycles. The summed E-state index contributed by atoms with van der Waals surface area (Å²) < 4.78 is 0.998. The topological polar surface area (TPSA) is 55.1 Å². The predicted molar refractivity (Wildman–Crippen MR) is 73.4 cm³/mol. The van der Waals surface area contributed by atoms with Gasteiger partial charge >= 0.3 is 0 Å². The molecule has 0 aliphatic rings. The molecular formula is C13H19BrN2O. The number of hydrogen-bond acceptors (Lipinski definition) is 2. The lowest BCUT2D eigenvalue weighted by atomic mass is 10.0. The van der Waals surface area contributed by atoms with Gasteiger partial charge in [-0.05, 0) is 24.0 Å². The Morgan fingerprint density at radius 2 is 2.06 bits per heavy atom. The van der Waals surface area contributed by atoms with E-state index in [4.69, 9.17) is 5.73 Å². The van der Waals surface area contributed by atoms with Gasteiger partial charge in [-0.1, -0.05) is 48.0 Å². The zero-order valence-corrected chi connectivity index (χ0v) is 11.8. The van der Waals surface area contributed by atoms with E-state index in [2.05, 4.69) is 35.1 Å². The largest absolute Gasteiger partial charge is 0.351 e. The van der Waals surface area contributed by atoms with Crippen molar-refractivity contribution in [3.63, 3.8) is 0 Å². The van der Waals surface area contributed by atoms with Crippen molar-refractivity contribution >= 4 is 21.8 Å². The van der Waals surface area contributed by atoms with Gasteiger partial charge in [-0.3, -0.25) is 4.79 Å². The average molecular weight is 299 g/mol. The third kappa shape index (κ3) is 4.88. The van der Waals surface area contributed by atoms with Gasteiger partial charge in [0.2, 0.25) is 5.91 Å². The molecule has 0 fully saturated rings. The van der Waals surface area contributed by atoms with Gasteiger partial charge in [0, 0.05) is 11.0 Å². The molecule has 0 bridgehead atoms. The van der Waals surface area contributed by atoms with Crippen LogP contribution < -0.4 is 11.1 Å². The Bertz CT molecular complexity index is 379. The normalized spacial score (nSPS) is 12.5. The molecule has 3 nitrogen and oxygen atoms in total. The van der Waals surface area contributed by atoms with E-state index in [1.54, 1.807) is 0 Å². The number of rotatable bonds is 5. The lowest BCUT2D eigenvalue weighted by molar-refractivity contribution is -0.122. The second kappa shape index (κ2) is 6.77. The van der Waals surface area contributed by atoms with Crippen molar-refractivity contribution in [1.29, 1.82) is 0 Å². The molecule has 94 valence electrons.